The number of hydrogen-bond acceptors (Lipinski definition) is 2. The van der Waals surface area contributed by atoms with Crippen LogP contribution in [0.4, 0.5) is 11.4 Å². The maximum Gasteiger partial charge on any atom is 0.272 e. The van der Waals surface area contributed by atoms with Crippen LogP contribution in [0.2, 0.25) is 0 Å². The molecule has 0 bridgehead atoms. The number of aryl methyl sites for hydroxylation is 1. The van der Waals surface area contributed by atoms with E-state index in [4.69, 9.17) is 0 Å². The van der Waals surface area contributed by atoms with Crippen molar-refractivity contribution in [2.75, 3.05) is 17.2 Å². The third-order valence-corrected chi connectivity index (χ3v) is 3.94. The van der Waals surface area contributed by atoms with Gasteiger partial charge in [0.2, 0.25) is 0 Å². The Morgan fingerprint density at radius 3 is 3.10 bits per heavy atom. The second-order valence-electron chi connectivity index (χ2n) is 4.83. The SMILES string of the molecule is CCn1cc(Br)cc1C(=O)Nc1ccc2c(c1)CCN2. The van der Waals surface area contributed by atoms with E-state index in [0.29, 0.717) is 5.69 Å². The molecule has 2 heterocycles. The molecule has 1 amide bonds. The number of nitrogens with zero attached hydrogens (tertiary/aromatic N) is 1. The minimum Gasteiger partial charge on any atom is -0.384 e. The zero-order chi connectivity index (χ0) is 14.1. The van der Waals surface area contributed by atoms with Crippen LogP contribution in [0.15, 0.2) is 34.9 Å². The first-order valence-electron chi connectivity index (χ1n) is 6.71. The largest absolute Gasteiger partial charge is 0.384 e. The zero-order valence-electron chi connectivity index (χ0n) is 11.2. The van der Waals surface area contributed by atoms with Gasteiger partial charge in [-0.1, -0.05) is 0 Å². The van der Waals surface area contributed by atoms with Gasteiger partial charge >= 0.3 is 0 Å². The highest BCUT2D eigenvalue weighted by atomic mass is 79.9. The van der Waals surface area contributed by atoms with Crippen LogP contribution in [0.1, 0.15) is 23.0 Å². The monoisotopic (exact) mass is 333 g/mol. The third kappa shape index (κ3) is 2.45. The van der Waals surface area contributed by atoms with Crippen molar-refractivity contribution in [1.82, 2.24) is 4.57 Å². The summed E-state index contributed by atoms with van der Waals surface area (Å²) in [6, 6.07) is 7.84. The summed E-state index contributed by atoms with van der Waals surface area (Å²) in [5.74, 6) is -0.0801. The molecule has 0 saturated heterocycles. The van der Waals surface area contributed by atoms with E-state index in [0.717, 1.165) is 29.7 Å². The lowest BCUT2D eigenvalue weighted by atomic mass is 10.1. The quantitative estimate of drug-likeness (QED) is 0.903. The van der Waals surface area contributed by atoms with E-state index in [1.807, 2.05) is 42.0 Å². The molecular weight excluding hydrogens is 318 g/mol. The van der Waals surface area contributed by atoms with Crippen molar-refractivity contribution in [1.29, 1.82) is 0 Å². The van der Waals surface area contributed by atoms with Crippen molar-refractivity contribution >= 4 is 33.2 Å². The highest BCUT2D eigenvalue weighted by Crippen LogP contribution is 2.25. The summed E-state index contributed by atoms with van der Waals surface area (Å²) in [6.45, 7) is 3.76. The average Bonchev–Trinajstić information content (AvgIpc) is 3.03. The molecule has 3 rings (SSSR count). The lowest BCUT2D eigenvalue weighted by Crippen LogP contribution is -2.16. The number of fused-ring (bicyclic) bond motifs is 1. The maximum absolute atomic E-state index is 12.3. The molecule has 2 aromatic rings. The van der Waals surface area contributed by atoms with E-state index in [1.165, 1.54) is 11.3 Å². The lowest BCUT2D eigenvalue weighted by molar-refractivity contribution is 0.101. The van der Waals surface area contributed by atoms with Crippen LogP contribution in [0.3, 0.4) is 0 Å². The van der Waals surface area contributed by atoms with Gasteiger partial charge in [0.05, 0.1) is 0 Å². The molecule has 0 aliphatic carbocycles. The Morgan fingerprint density at radius 1 is 1.45 bits per heavy atom. The van der Waals surface area contributed by atoms with Crippen LogP contribution in [-0.2, 0) is 13.0 Å². The Bertz CT molecular complexity index is 663. The van der Waals surface area contributed by atoms with Gasteiger partial charge in [-0.2, -0.15) is 0 Å². The molecule has 0 saturated carbocycles. The van der Waals surface area contributed by atoms with Crippen molar-refractivity contribution in [3.63, 3.8) is 0 Å². The van der Waals surface area contributed by atoms with Crippen molar-refractivity contribution in [2.24, 2.45) is 0 Å². The summed E-state index contributed by atoms with van der Waals surface area (Å²) >= 11 is 3.41. The molecule has 1 aliphatic rings. The zero-order valence-corrected chi connectivity index (χ0v) is 12.8. The first-order chi connectivity index (χ1) is 9.67. The molecule has 104 valence electrons. The minimum atomic E-state index is -0.0801. The highest BCUT2D eigenvalue weighted by Gasteiger charge is 2.14. The first-order valence-corrected chi connectivity index (χ1v) is 7.50. The molecule has 20 heavy (non-hydrogen) atoms. The molecule has 0 fully saturated rings. The highest BCUT2D eigenvalue weighted by molar-refractivity contribution is 9.10. The predicted molar refractivity (Wildman–Crippen MR) is 84.4 cm³/mol. The summed E-state index contributed by atoms with van der Waals surface area (Å²) < 4.78 is 2.84. The Labute approximate surface area is 126 Å². The van der Waals surface area contributed by atoms with Gasteiger partial charge in [-0.05, 0) is 59.1 Å². The fourth-order valence-corrected chi connectivity index (χ4v) is 2.97. The van der Waals surface area contributed by atoms with Crippen LogP contribution in [-0.4, -0.2) is 17.0 Å². The molecule has 1 aromatic heterocycles. The van der Waals surface area contributed by atoms with E-state index in [2.05, 4.69) is 26.6 Å². The molecule has 1 aliphatic heterocycles. The van der Waals surface area contributed by atoms with Gasteiger partial charge in [-0.25, -0.2) is 0 Å². The number of aromatic nitrogens is 1. The maximum atomic E-state index is 12.3. The Morgan fingerprint density at radius 2 is 2.30 bits per heavy atom. The number of amides is 1. The second-order valence-corrected chi connectivity index (χ2v) is 5.75. The van der Waals surface area contributed by atoms with Crippen LogP contribution in [0.25, 0.3) is 0 Å². The number of carbonyl (C=O) groups excluding carboxylic acids is 1. The van der Waals surface area contributed by atoms with Crippen molar-refractivity contribution in [3.8, 4) is 0 Å². The van der Waals surface area contributed by atoms with Crippen molar-refractivity contribution in [3.05, 3.63) is 46.2 Å². The van der Waals surface area contributed by atoms with Gasteiger partial charge in [-0.15, -0.1) is 0 Å². The number of benzene rings is 1. The van der Waals surface area contributed by atoms with Crippen LogP contribution >= 0.6 is 15.9 Å². The van der Waals surface area contributed by atoms with Gasteiger partial charge in [0.25, 0.3) is 5.91 Å². The number of nitrogens with one attached hydrogen (secondary N) is 2. The van der Waals surface area contributed by atoms with E-state index < -0.39 is 0 Å². The average molecular weight is 334 g/mol. The molecule has 0 unspecified atom stereocenters. The number of rotatable bonds is 3. The van der Waals surface area contributed by atoms with Gasteiger partial charge in [0.15, 0.2) is 0 Å². The fraction of sp³-hybridized carbons (Fsp3) is 0.267. The minimum absolute atomic E-state index is 0.0801. The molecule has 1 aromatic carbocycles. The smallest absolute Gasteiger partial charge is 0.272 e. The normalized spacial score (nSPS) is 12.9. The van der Waals surface area contributed by atoms with Crippen molar-refractivity contribution < 1.29 is 4.79 Å². The van der Waals surface area contributed by atoms with E-state index >= 15 is 0 Å². The topological polar surface area (TPSA) is 46.1 Å². The molecular formula is C15H16BrN3O. The first kappa shape index (κ1) is 13.2. The predicted octanol–water partition coefficient (Wildman–Crippen LogP) is 3.49. The van der Waals surface area contributed by atoms with E-state index in [-0.39, 0.29) is 5.91 Å². The molecule has 0 atom stereocenters. The molecule has 4 nitrogen and oxygen atoms in total. The van der Waals surface area contributed by atoms with E-state index in [9.17, 15) is 4.79 Å². The molecule has 5 heteroatoms. The van der Waals surface area contributed by atoms with Crippen LogP contribution in [0, 0.1) is 0 Å². The lowest BCUT2D eigenvalue weighted by Gasteiger charge is -2.09. The molecule has 2 N–H and O–H groups in total. The van der Waals surface area contributed by atoms with Crippen molar-refractivity contribution in [2.45, 2.75) is 19.9 Å². The van der Waals surface area contributed by atoms with Crippen LogP contribution < -0.4 is 10.6 Å². The summed E-state index contributed by atoms with van der Waals surface area (Å²) in [4.78, 5) is 12.3. The second kappa shape index (κ2) is 5.32. The number of anilines is 2. The fourth-order valence-electron chi connectivity index (χ4n) is 2.50. The Balaban J connectivity index is 1.82. The number of hydrogen-bond donors (Lipinski definition) is 2. The molecule has 0 radical (unpaired) electrons. The third-order valence-electron chi connectivity index (χ3n) is 3.51. The van der Waals surface area contributed by atoms with Gasteiger partial charge in [-0.3, -0.25) is 4.79 Å². The number of halogens is 1. The summed E-state index contributed by atoms with van der Waals surface area (Å²) in [5.41, 5.74) is 3.94. The standard InChI is InChI=1S/C15H16BrN3O/c1-2-19-9-11(16)8-14(19)15(20)18-12-3-4-13-10(7-12)5-6-17-13/h3-4,7-9,17H,2,5-6H2,1H3,(H,18,20). The summed E-state index contributed by atoms with van der Waals surface area (Å²) in [7, 11) is 0. The van der Waals surface area contributed by atoms with Gasteiger partial charge < -0.3 is 15.2 Å². The van der Waals surface area contributed by atoms with Crippen LogP contribution in [0.5, 0.6) is 0 Å². The Kier molecular flexibility index (Phi) is 3.53. The van der Waals surface area contributed by atoms with Gasteiger partial charge in [0, 0.05) is 35.1 Å². The summed E-state index contributed by atoms with van der Waals surface area (Å²) in [5, 5.41) is 6.28. The number of carbonyl (C=O) groups is 1. The summed E-state index contributed by atoms with van der Waals surface area (Å²) in [6.07, 6.45) is 2.93. The Hall–Kier alpha value is -1.75. The molecule has 0 spiro atoms. The van der Waals surface area contributed by atoms with E-state index in [1.54, 1.807) is 0 Å². The van der Waals surface area contributed by atoms with Gasteiger partial charge in [0.1, 0.15) is 5.69 Å².